The number of anilines is 1. The number of hydrogen-bond donors (Lipinski definition) is 0. The molecular formula is C22H21F3N2O4. The minimum atomic E-state index is -4.40. The molecule has 0 radical (unpaired) electrons. The summed E-state index contributed by atoms with van der Waals surface area (Å²) in [7, 11) is 1.58. The predicted octanol–water partition coefficient (Wildman–Crippen LogP) is 3.49. The zero-order chi connectivity index (χ0) is 22.2. The summed E-state index contributed by atoms with van der Waals surface area (Å²) in [5.41, 5.74) is 0.480. The summed E-state index contributed by atoms with van der Waals surface area (Å²) in [6.45, 7) is 1.29. The van der Waals surface area contributed by atoms with Crippen molar-refractivity contribution in [2.24, 2.45) is 5.92 Å². The van der Waals surface area contributed by atoms with Gasteiger partial charge in [0.15, 0.2) is 11.5 Å². The van der Waals surface area contributed by atoms with Gasteiger partial charge in [-0.1, -0.05) is 12.1 Å². The Bertz CT molecular complexity index is 991. The first-order valence-corrected chi connectivity index (χ1v) is 9.83. The van der Waals surface area contributed by atoms with E-state index in [2.05, 4.69) is 0 Å². The van der Waals surface area contributed by atoms with Gasteiger partial charge in [-0.2, -0.15) is 13.2 Å². The second-order valence-corrected chi connectivity index (χ2v) is 7.62. The van der Waals surface area contributed by atoms with Crippen molar-refractivity contribution in [1.29, 1.82) is 0 Å². The molecule has 0 N–H and O–H groups in total. The minimum absolute atomic E-state index is 0.0740. The molecule has 2 aliphatic rings. The van der Waals surface area contributed by atoms with E-state index in [1.54, 1.807) is 30.1 Å². The molecular weight excluding hydrogens is 413 g/mol. The molecule has 1 saturated heterocycles. The number of carbonyl (C=O) groups is 2. The number of rotatable bonds is 4. The van der Waals surface area contributed by atoms with E-state index in [1.807, 2.05) is 0 Å². The van der Waals surface area contributed by atoms with Gasteiger partial charge >= 0.3 is 6.18 Å². The molecule has 1 unspecified atom stereocenters. The average Bonchev–Trinajstić information content (AvgIpc) is 3.14. The quantitative estimate of drug-likeness (QED) is 0.739. The Kier molecular flexibility index (Phi) is 5.51. The molecule has 2 aromatic rings. The van der Waals surface area contributed by atoms with E-state index >= 15 is 0 Å². The first kappa shape index (κ1) is 21.0. The van der Waals surface area contributed by atoms with Gasteiger partial charge in [-0.3, -0.25) is 9.59 Å². The van der Waals surface area contributed by atoms with Gasteiger partial charge < -0.3 is 19.3 Å². The van der Waals surface area contributed by atoms with Crippen LogP contribution >= 0.6 is 0 Å². The Labute approximate surface area is 177 Å². The van der Waals surface area contributed by atoms with Crippen molar-refractivity contribution in [3.63, 3.8) is 0 Å². The van der Waals surface area contributed by atoms with Crippen LogP contribution in [0.4, 0.5) is 18.9 Å². The monoisotopic (exact) mass is 434 g/mol. The highest BCUT2D eigenvalue weighted by Gasteiger charge is 2.37. The van der Waals surface area contributed by atoms with Gasteiger partial charge in [0.05, 0.1) is 11.5 Å². The highest BCUT2D eigenvalue weighted by atomic mass is 19.4. The number of hydrogen-bond acceptors (Lipinski definition) is 4. The van der Waals surface area contributed by atoms with Crippen molar-refractivity contribution < 1.29 is 32.2 Å². The molecule has 0 aromatic heterocycles. The Hall–Kier alpha value is -3.23. The van der Waals surface area contributed by atoms with Crippen molar-refractivity contribution in [3.8, 4) is 11.5 Å². The highest BCUT2D eigenvalue weighted by Crippen LogP contribution is 2.36. The number of ether oxygens (including phenoxy) is 2. The van der Waals surface area contributed by atoms with Crippen LogP contribution in [0, 0.1) is 5.92 Å². The molecule has 0 aliphatic carbocycles. The first-order valence-electron chi connectivity index (χ1n) is 9.83. The van der Waals surface area contributed by atoms with E-state index in [9.17, 15) is 22.8 Å². The van der Waals surface area contributed by atoms with Crippen LogP contribution in [0.5, 0.6) is 11.5 Å². The number of carbonyl (C=O) groups excluding carboxylic acids is 2. The molecule has 6 nitrogen and oxygen atoms in total. The van der Waals surface area contributed by atoms with Crippen molar-refractivity contribution >= 4 is 17.5 Å². The van der Waals surface area contributed by atoms with E-state index in [0.717, 1.165) is 12.1 Å². The Morgan fingerprint density at radius 1 is 1.10 bits per heavy atom. The van der Waals surface area contributed by atoms with E-state index in [-0.39, 0.29) is 31.3 Å². The smallest absolute Gasteiger partial charge is 0.416 e. The lowest BCUT2D eigenvalue weighted by atomic mass is 10.1. The third-order valence-electron chi connectivity index (χ3n) is 5.39. The first-order chi connectivity index (χ1) is 14.7. The van der Waals surface area contributed by atoms with Crippen LogP contribution in [0.2, 0.25) is 0 Å². The number of halogens is 3. The van der Waals surface area contributed by atoms with Crippen LogP contribution in [0.1, 0.15) is 17.5 Å². The molecule has 4 rings (SSSR count). The van der Waals surface area contributed by atoms with E-state index in [1.165, 1.54) is 17.0 Å². The molecule has 31 heavy (non-hydrogen) atoms. The lowest BCUT2D eigenvalue weighted by Crippen LogP contribution is -2.34. The summed E-state index contributed by atoms with van der Waals surface area (Å²) in [6, 6.07) is 9.92. The summed E-state index contributed by atoms with van der Waals surface area (Å²) < 4.78 is 49.2. The molecule has 2 amide bonds. The Morgan fingerprint density at radius 3 is 2.45 bits per heavy atom. The average molecular weight is 434 g/mol. The summed E-state index contributed by atoms with van der Waals surface area (Å²) in [5.74, 6) is 0.252. The van der Waals surface area contributed by atoms with Crippen LogP contribution in [0.3, 0.4) is 0 Å². The number of amides is 2. The molecule has 164 valence electrons. The van der Waals surface area contributed by atoms with Crippen LogP contribution < -0.4 is 14.4 Å². The zero-order valence-corrected chi connectivity index (χ0v) is 16.8. The fraction of sp³-hybridized carbons (Fsp3) is 0.364. The number of nitrogens with zero attached hydrogens (tertiary/aromatic N) is 2. The maximum absolute atomic E-state index is 12.9. The summed E-state index contributed by atoms with van der Waals surface area (Å²) in [6.07, 6.45) is -4.33. The lowest BCUT2D eigenvalue weighted by Gasteiger charge is -2.23. The third-order valence-corrected chi connectivity index (χ3v) is 5.39. The number of fused-ring (bicyclic) bond motifs is 1. The van der Waals surface area contributed by atoms with Gasteiger partial charge in [0, 0.05) is 38.3 Å². The fourth-order valence-corrected chi connectivity index (χ4v) is 3.79. The molecule has 9 heteroatoms. The summed E-state index contributed by atoms with van der Waals surface area (Å²) in [4.78, 5) is 28.4. The van der Waals surface area contributed by atoms with Crippen molar-refractivity contribution in [3.05, 3.63) is 53.6 Å². The van der Waals surface area contributed by atoms with E-state index in [0.29, 0.717) is 36.0 Å². The predicted molar refractivity (Wildman–Crippen MR) is 106 cm³/mol. The van der Waals surface area contributed by atoms with Gasteiger partial charge in [-0.05, 0) is 29.8 Å². The standard InChI is InChI=1S/C22H21F3N2O4/c1-26(12-14-2-4-16(5-3-14)22(23,24)25)21(29)15-10-20(28)27(13-15)17-6-7-18-19(11-17)31-9-8-30-18/h2-7,11,15H,8-10,12-13H2,1H3. The zero-order valence-electron chi connectivity index (χ0n) is 16.8. The number of benzene rings is 2. The van der Waals surface area contributed by atoms with Gasteiger partial charge in [-0.25, -0.2) is 0 Å². The highest BCUT2D eigenvalue weighted by molar-refractivity contribution is 6.00. The van der Waals surface area contributed by atoms with Gasteiger partial charge in [0.1, 0.15) is 13.2 Å². The van der Waals surface area contributed by atoms with Crippen LogP contribution in [-0.2, 0) is 22.3 Å². The SMILES string of the molecule is CN(Cc1ccc(C(F)(F)F)cc1)C(=O)C1CC(=O)N(c2ccc3c(c2)OCCO3)C1. The summed E-state index contributed by atoms with van der Waals surface area (Å²) >= 11 is 0. The van der Waals surface area contributed by atoms with Gasteiger partial charge in [0.2, 0.25) is 11.8 Å². The second kappa shape index (κ2) is 8.13. The Balaban J connectivity index is 1.41. The Morgan fingerprint density at radius 2 is 1.77 bits per heavy atom. The molecule has 2 heterocycles. The van der Waals surface area contributed by atoms with E-state index < -0.39 is 17.7 Å². The summed E-state index contributed by atoms with van der Waals surface area (Å²) in [5, 5.41) is 0. The molecule has 0 saturated carbocycles. The number of alkyl halides is 3. The van der Waals surface area contributed by atoms with Crippen LogP contribution in [0.15, 0.2) is 42.5 Å². The normalized spacial score (nSPS) is 18.3. The molecule has 2 aromatic carbocycles. The maximum Gasteiger partial charge on any atom is 0.416 e. The molecule has 1 atom stereocenters. The van der Waals surface area contributed by atoms with Crippen molar-refractivity contribution in [2.75, 3.05) is 31.7 Å². The fourth-order valence-electron chi connectivity index (χ4n) is 3.79. The van der Waals surface area contributed by atoms with Crippen LogP contribution in [-0.4, -0.2) is 43.5 Å². The van der Waals surface area contributed by atoms with E-state index in [4.69, 9.17) is 9.47 Å². The van der Waals surface area contributed by atoms with Crippen molar-refractivity contribution in [1.82, 2.24) is 4.90 Å². The lowest BCUT2D eigenvalue weighted by molar-refractivity contribution is -0.137. The molecule has 2 aliphatic heterocycles. The maximum atomic E-state index is 12.9. The minimum Gasteiger partial charge on any atom is -0.486 e. The van der Waals surface area contributed by atoms with Crippen molar-refractivity contribution in [2.45, 2.75) is 19.1 Å². The van der Waals surface area contributed by atoms with Gasteiger partial charge in [0.25, 0.3) is 0 Å². The largest absolute Gasteiger partial charge is 0.486 e. The molecule has 0 bridgehead atoms. The molecule has 1 fully saturated rings. The molecule has 0 spiro atoms. The topological polar surface area (TPSA) is 59.1 Å². The van der Waals surface area contributed by atoms with Crippen LogP contribution in [0.25, 0.3) is 0 Å². The van der Waals surface area contributed by atoms with Gasteiger partial charge in [-0.15, -0.1) is 0 Å². The second-order valence-electron chi connectivity index (χ2n) is 7.62. The third kappa shape index (κ3) is 4.45.